The lowest BCUT2D eigenvalue weighted by atomic mass is 10.1. The van der Waals surface area contributed by atoms with E-state index in [4.69, 9.17) is 17.4 Å². The SMILES string of the molecule is Cc1cncc(C(NN)c2c(Cl)cnn2C)c1. The van der Waals surface area contributed by atoms with E-state index in [1.165, 1.54) is 0 Å². The van der Waals surface area contributed by atoms with Crippen LogP contribution >= 0.6 is 11.6 Å². The Bertz CT molecular complexity index is 503. The highest BCUT2D eigenvalue weighted by Crippen LogP contribution is 2.26. The Labute approximate surface area is 105 Å². The first-order valence-electron chi connectivity index (χ1n) is 5.18. The van der Waals surface area contributed by atoms with Gasteiger partial charge in [0.2, 0.25) is 0 Å². The molecule has 2 rings (SSSR count). The van der Waals surface area contributed by atoms with Gasteiger partial charge >= 0.3 is 0 Å². The first-order valence-corrected chi connectivity index (χ1v) is 5.56. The minimum atomic E-state index is -0.220. The third-order valence-corrected chi connectivity index (χ3v) is 2.90. The summed E-state index contributed by atoms with van der Waals surface area (Å²) < 4.78 is 1.70. The van der Waals surface area contributed by atoms with Crippen molar-refractivity contribution in [2.45, 2.75) is 13.0 Å². The van der Waals surface area contributed by atoms with Crippen molar-refractivity contribution in [2.24, 2.45) is 12.9 Å². The highest BCUT2D eigenvalue weighted by molar-refractivity contribution is 6.31. The van der Waals surface area contributed by atoms with Crippen LogP contribution in [0.1, 0.15) is 22.9 Å². The van der Waals surface area contributed by atoms with Crippen LogP contribution in [-0.2, 0) is 7.05 Å². The van der Waals surface area contributed by atoms with Gasteiger partial charge in [-0.05, 0) is 18.1 Å². The van der Waals surface area contributed by atoms with Crippen LogP contribution in [0.15, 0.2) is 24.7 Å². The third-order valence-electron chi connectivity index (χ3n) is 2.61. The second-order valence-corrected chi connectivity index (χ2v) is 4.30. The predicted molar refractivity (Wildman–Crippen MR) is 66.4 cm³/mol. The second-order valence-electron chi connectivity index (χ2n) is 3.90. The van der Waals surface area contributed by atoms with Crippen LogP contribution in [0.3, 0.4) is 0 Å². The van der Waals surface area contributed by atoms with Gasteiger partial charge < -0.3 is 0 Å². The molecule has 0 amide bonds. The molecule has 0 spiro atoms. The molecule has 90 valence electrons. The summed E-state index contributed by atoms with van der Waals surface area (Å²) in [5, 5.41) is 4.68. The summed E-state index contributed by atoms with van der Waals surface area (Å²) in [6.45, 7) is 1.98. The van der Waals surface area contributed by atoms with E-state index in [0.29, 0.717) is 5.02 Å². The summed E-state index contributed by atoms with van der Waals surface area (Å²) in [5.41, 5.74) is 5.59. The lowest BCUT2D eigenvalue weighted by Gasteiger charge is -2.17. The summed E-state index contributed by atoms with van der Waals surface area (Å²) in [5.74, 6) is 5.61. The van der Waals surface area contributed by atoms with Gasteiger partial charge in [-0.1, -0.05) is 17.7 Å². The molecule has 2 aromatic heterocycles. The number of hydrazine groups is 1. The van der Waals surface area contributed by atoms with Crippen molar-refractivity contribution in [3.05, 3.63) is 46.5 Å². The van der Waals surface area contributed by atoms with Crippen molar-refractivity contribution in [1.82, 2.24) is 20.2 Å². The van der Waals surface area contributed by atoms with Crippen LogP contribution in [0.25, 0.3) is 0 Å². The average Bonchev–Trinajstić information content (AvgIpc) is 2.62. The Morgan fingerprint density at radius 2 is 2.18 bits per heavy atom. The fraction of sp³-hybridized carbons (Fsp3) is 0.273. The first kappa shape index (κ1) is 12.0. The van der Waals surface area contributed by atoms with Gasteiger partial charge in [-0.15, -0.1) is 0 Å². The van der Waals surface area contributed by atoms with Gasteiger partial charge in [0.15, 0.2) is 0 Å². The number of nitrogens with one attached hydrogen (secondary N) is 1. The van der Waals surface area contributed by atoms with Crippen molar-refractivity contribution in [3.63, 3.8) is 0 Å². The Morgan fingerprint density at radius 3 is 2.71 bits per heavy atom. The van der Waals surface area contributed by atoms with Crippen LogP contribution < -0.4 is 11.3 Å². The quantitative estimate of drug-likeness (QED) is 0.638. The Kier molecular flexibility index (Phi) is 3.42. The van der Waals surface area contributed by atoms with Gasteiger partial charge in [0.25, 0.3) is 0 Å². The van der Waals surface area contributed by atoms with Crippen LogP contribution in [0.2, 0.25) is 5.02 Å². The van der Waals surface area contributed by atoms with E-state index in [1.807, 2.05) is 20.0 Å². The van der Waals surface area contributed by atoms with Gasteiger partial charge in [-0.2, -0.15) is 5.10 Å². The fourth-order valence-electron chi connectivity index (χ4n) is 1.81. The van der Waals surface area contributed by atoms with Crippen molar-refractivity contribution in [3.8, 4) is 0 Å². The molecule has 0 aliphatic rings. The van der Waals surface area contributed by atoms with E-state index < -0.39 is 0 Å². The summed E-state index contributed by atoms with van der Waals surface area (Å²) in [6.07, 6.45) is 5.16. The number of rotatable bonds is 3. The molecule has 5 nitrogen and oxygen atoms in total. The maximum Gasteiger partial charge on any atom is 0.0908 e. The fourth-order valence-corrected chi connectivity index (χ4v) is 2.09. The van der Waals surface area contributed by atoms with Gasteiger partial charge in [0.05, 0.1) is 23.0 Å². The van der Waals surface area contributed by atoms with Crippen molar-refractivity contribution < 1.29 is 0 Å². The molecule has 0 bridgehead atoms. The lowest BCUT2D eigenvalue weighted by molar-refractivity contribution is 0.573. The molecule has 0 saturated carbocycles. The number of nitrogens with two attached hydrogens (primary N) is 1. The highest BCUT2D eigenvalue weighted by Gasteiger charge is 2.20. The van der Waals surface area contributed by atoms with Crippen LogP contribution in [0, 0.1) is 6.92 Å². The van der Waals surface area contributed by atoms with E-state index in [9.17, 15) is 0 Å². The number of nitrogens with zero attached hydrogens (tertiary/aromatic N) is 3. The molecule has 17 heavy (non-hydrogen) atoms. The molecular weight excluding hydrogens is 238 g/mol. The van der Waals surface area contributed by atoms with Crippen LogP contribution in [-0.4, -0.2) is 14.8 Å². The number of halogens is 1. The summed E-state index contributed by atoms with van der Waals surface area (Å²) in [7, 11) is 1.83. The molecule has 0 aliphatic carbocycles. The lowest BCUT2D eigenvalue weighted by Crippen LogP contribution is -2.30. The number of pyridine rings is 1. The summed E-state index contributed by atoms with van der Waals surface area (Å²) >= 11 is 6.11. The number of aromatic nitrogens is 3. The Balaban J connectivity index is 2.47. The molecule has 0 radical (unpaired) electrons. The smallest absolute Gasteiger partial charge is 0.0908 e. The zero-order valence-corrected chi connectivity index (χ0v) is 10.4. The molecule has 0 aromatic carbocycles. The topological polar surface area (TPSA) is 68.8 Å². The van der Waals surface area contributed by atoms with E-state index in [1.54, 1.807) is 23.3 Å². The summed E-state index contributed by atoms with van der Waals surface area (Å²) in [4.78, 5) is 4.15. The molecule has 0 fully saturated rings. The van der Waals surface area contributed by atoms with Crippen LogP contribution in [0.5, 0.6) is 0 Å². The molecule has 2 aromatic rings. The first-order chi connectivity index (χ1) is 8.13. The van der Waals surface area contributed by atoms with Gasteiger partial charge in [0, 0.05) is 19.4 Å². The van der Waals surface area contributed by atoms with Crippen molar-refractivity contribution >= 4 is 11.6 Å². The normalized spacial score (nSPS) is 12.7. The monoisotopic (exact) mass is 251 g/mol. The average molecular weight is 252 g/mol. The maximum absolute atomic E-state index is 6.11. The van der Waals surface area contributed by atoms with Crippen molar-refractivity contribution in [2.75, 3.05) is 0 Å². The van der Waals surface area contributed by atoms with E-state index in [2.05, 4.69) is 15.5 Å². The van der Waals surface area contributed by atoms with Crippen LogP contribution in [0.4, 0.5) is 0 Å². The largest absolute Gasteiger partial charge is 0.271 e. The van der Waals surface area contributed by atoms with E-state index in [0.717, 1.165) is 16.8 Å². The van der Waals surface area contributed by atoms with E-state index >= 15 is 0 Å². The number of aryl methyl sites for hydroxylation is 2. The minimum absolute atomic E-state index is 0.220. The molecule has 1 atom stereocenters. The number of hydrogen-bond donors (Lipinski definition) is 2. The predicted octanol–water partition coefficient (Wildman–Crippen LogP) is 1.33. The van der Waals surface area contributed by atoms with Gasteiger partial charge in [-0.25, -0.2) is 5.43 Å². The third kappa shape index (κ3) is 2.31. The molecule has 1 unspecified atom stereocenters. The Morgan fingerprint density at radius 1 is 1.41 bits per heavy atom. The van der Waals surface area contributed by atoms with Gasteiger partial charge in [-0.3, -0.25) is 15.5 Å². The molecule has 3 N–H and O–H groups in total. The molecule has 0 aliphatic heterocycles. The second kappa shape index (κ2) is 4.83. The zero-order chi connectivity index (χ0) is 12.4. The molecule has 2 heterocycles. The highest BCUT2D eigenvalue weighted by atomic mass is 35.5. The zero-order valence-electron chi connectivity index (χ0n) is 9.68. The van der Waals surface area contributed by atoms with Gasteiger partial charge in [0.1, 0.15) is 0 Å². The maximum atomic E-state index is 6.11. The minimum Gasteiger partial charge on any atom is -0.271 e. The Hall–Kier alpha value is -1.43. The standard InChI is InChI=1S/C11H14ClN5/c1-7-3-8(5-14-4-7)10(16-13)11-9(12)6-15-17(11)2/h3-6,10,16H,13H2,1-2H3. The molecule has 0 saturated heterocycles. The number of hydrogen-bond acceptors (Lipinski definition) is 4. The summed E-state index contributed by atoms with van der Waals surface area (Å²) in [6, 6.07) is 1.79. The molecular formula is C11H14ClN5. The van der Waals surface area contributed by atoms with Crippen molar-refractivity contribution in [1.29, 1.82) is 0 Å². The van der Waals surface area contributed by atoms with E-state index in [-0.39, 0.29) is 6.04 Å². The molecule has 6 heteroatoms.